The van der Waals surface area contributed by atoms with Crippen LogP contribution in [0.1, 0.15) is 18.6 Å². The van der Waals surface area contributed by atoms with Crippen molar-refractivity contribution in [3.8, 4) is 0 Å². The molecule has 1 aliphatic heterocycles. The third-order valence-corrected chi connectivity index (χ3v) is 3.10. The van der Waals surface area contributed by atoms with Crippen molar-refractivity contribution in [2.45, 2.75) is 30.8 Å². The molecule has 4 atom stereocenters. The van der Waals surface area contributed by atoms with Crippen molar-refractivity contribution in [2.24, 2.45) is 0 Å². The van der Waals surface area contributed by atoms with E-state index in [9.17, 15) is 19.8 Å². The summed E-state index contributed by atoms with van der Waals surface area (Å²) in [5, 5.41) is 28.9. The lowest BCUT2D eigenvalue weighted by molar-refractivity contribution is -0.0651. The molecule has 0 aromatic carbocycles. The monoisotopic (exact) mass is 258 g/mol. The standard InChI is InChI=1S/C10H14N2O6/c1-10(17)6(14)5(3-13)18-7(10)4-2-11-9(16)12-8(4)15/h2,5-7,13-14,17H,3H2,1H3,(H2,11,12,15,16)/t5-,6-,7+,10-/m1/s1. The lowest BCUT2D eigenvalue weighted by atomic mass is 9.90. The number of aromatic amines is 2. The lowest BCUT2D eigenvalue weighted by Gasteiger charge is -2.25. The molecule has 2 heterocycles. The molecule has 1 aliphatic rings. The smallest absolute Gasteiger partial charge is 0.325 e. The van der Waals surface area contributed by atoms with Gasteiger partial charge in [-0.15, -0.1) is 0 Å². The van der Waals surface area contributed by atoms with Crippen LogP contribution in [0.4, 0.5) is 0 Å². The summed E-state index contributed by atoms with van der Waals surface area (Å²) in [6.07, 6.45) is -2.34. The van der Waals surface area contributed by atoms with E-state index in [2.05, 4.69) is 4.98 Å². The van der Waals surface area contributed by atoms with Gasteiger partial charge in [0, 0.05) is 6.20 Å². The second-order valence-electron chi connectivity index (χ2n) is 4.44. The molecule has 5 N–H and O–H groups in total. The summed E-state index contributed by atoms with van der Waals surface area (Å²) < 4.78 is 5.25. The highest BCUT2D eigenvalue weighted by atomic mass is 16.6. The van der Waals surface area contributed by atoms with Crippen LogP contribution in [0.2, 0.25) is 0 Å². The minimum Gasteiger partial charge on any atom is -0.394 e. The van der Waals surface area contributed by atoms with Gasteiger partial charge in [-0.05, 0) is 6.92 Å². The number of aliphatic hydroxyl groups excluding tert-OH is 2. The van der Waals surface area contributed by atoms with E-state index in [1.807, 2.05) is 4.98 Å². The summed E-state index contributed by atoms with van der Waals surface area (Å²) in [5.41, 5.74) is -3.15. The average Bonchev–Trinajstić information content (AvgIpc) is 2.52. The van der Waals surface area contributed by atoms with Crippen LogP contribution in [-0.4, -0.2) is 49.7 Å². The molecule has 1 aromatic heterocycles. The van der Waals surface area contributed by atoms with Gasteiger partial charge in [-0.2, -0.15) is 0 Å². The molecule has 0 saturated carbocycles. The maximum absolute atomic E-state index is 11.6. The number of ether oxygens (including phenoxy) is 1. The fourth-order valence-electron chi connectivity index (χ4n) is 2.06. The zero-order valence-corrected chi connectivity index (χ0v) is 9.58. The van der Waals surface area contributed by atoms with Crippen LogP contribution in [0.15, 0.2) is 15.8 Å². The van der Waals surface area contributed by atoms with Crippen LogP contribution in [0.25, 0.3) is 0 Å². The summed E-state index contributed by atoms with van der Waals surface area (Å²) in [6, 6.07) is 0. The first-order valence-electron chi connectivity index (χ1n) is 5.36. The van der Waals surface area contributed by atoms with Gasteiger partial charge in [0.1, 0.15) is 23.9 Å². The maximum atomic E-state index is 11.6. The topological polar surface area (TPSA) is 136 Å². The second kappa shape index (κ2) is 4.32. The van der Waals surface area contributed by atoms with Gasteiger partial charge in [0.05, 0.1) is 12.2 Å². The number of H-pyrrole nitrogens is 2. The summed E-state index contributed by atoms with van der Waals surface area (Å²) >= 11 is 0. The SMILES string of the molecule is C[C@@]1(O)[C@H](O)[C@@H](CO)O[C@H]1c1c[nH]c(=O)[nH]c1=O. The predicted octanol–water partition coefficient (Wildman–Crippen LogP) is -2.39. The predicted molar refractivity (Wildman–Crippen MR) is 59.0 cm³/mol. The molecular weight excluding hydrogens is 244 g/mol. The Bertz CT molecular complexity index is 548. The van der Waals surface area contributed by atoms with Crippen molar-refractivity contribution >= 4 is 0 Å². The molecule has 0 bridgehead atoms. The van der Waals surface area contributed by atoms with Gasteiger partial charge < -0.3 is 25.0 Å². The molecule has 0 unspecified atom stereocenters. The summed E-state index contributed by atoms with van der Waals surface area (Å²) in [7, 11) is 0. The zero-order chi connectivity index (χ0) is 13.5. The molecule has 0 spiro atoms. The molecule has 1 saturated heterocycles. The molecule has 18 heavy (non-hydrogen) atoms. The quantitative estimate of drug-likeness (QED) is 0.401. The van der Waals surface area contributed by atoms with Gasteiger partial charge in [-0.25, -0.2) is 4.79 Å². The van der Waals surface area contributed by atoms with E-state index in [0.717, 1.165) is 6.20 Å². The van der Waals surface area contributed by atoms with Crippen LogP contribution >= 0.6 is 0 Å². The Morgan fingerprint density at radius 1 is 1.50 bits per heavy atom. The van der Waals surface area contributed by atoms with Crippen LogP contribution in [-0.2, 0) is 4.74 Å². The Kier molecular flexibility index (Phi) is 3.11. The van der Waals surface area contributed by atoms with Crippen molar-refractivity contribution < 1.29 is 20.1 Å². The highest BCUT2D eigenvalue weighted by Crippen LogP contribution is 2.39. The summed E-state index contributed by atoms with van der Waals surface area (Å²) in [6.45, 7) is 0.803. The molecule has 2 rings (SSSR count). The molecule has 1 aromatic rings. The van der Waals surface area contributed by atoms with Crippen molar-refractivity contribution in [1.29, 1.82) is 0 Å². The fourth-order valence-corrected chi connectivity index (χ4v) is 2.06. The van der Waals surface area contributed by atoms with E-state index < -0.39 is 41.8 Å². The Hall–Kier alpha value is -1.48. The van der Waals surface area contributed by atoms with Crippen molar-refractivity contribution in [3.63, 3.8) is 0 Å². The molecule has 0 radical (unpaired) electrons. The highest BCUT2D eigenvalue weighted by molar-refractivity contribution is 5.17. The van der Waals surface area contributed by atoms with Gasteiger partial charge in [-0.3, -0.25) is 9.78 Å². The number of hydrogen-bond donors (Lipinski definition) is 5. The minimum atomic E-state index is -1.74. The van der Waals surface area contributed by atoms with Crippen LogP contribution in [0.5, 0.6) is 0 Å². The Labute approximate surface area is 101 Å². The van der Waals surface area contributed by atoms with Gasteiger partial charge in [0.25, 0.3) is 5.56 Å². The normalized spacial score (nSPS) is 35.9. The summed E-state index contributed by atoms with van der Waals surface area (Å²) in [4.78, 5) is 26.8. The second-order valence-corrected chi connectivity index (χ2v) is 4.44. The van der Waals surface area contributed by atoms with E-state index in [4.69, 9.17) is 9.84 Å². The Balaban J connectivity index is 2.45. The Morgan fingerprint density at radius 3 is 2.67 bits per heavy atom. The van der Waals surface area contributed by atoms with Crippen molar-refractivity contribution in [2.75, 3.05) is 6.61 Å². The first-order valence-corrected chi connectivity index (χ1v) is 5.36. The molecule has 8 nitrogen and oxygen atoms in total. The van der Waals surface area contributed by atoms with Crippen LogP contribution in [0.3, 0.4) is 0 Å². The van der Waals surface area contributed by atoms with Crippen LogP contribution < -0.4 is 11.2 Å². The number of rotatable bonds is 2. The van der Waals surface area contributed by atoms with Crippen LogP contribution in [0, 0.1) is 0 Å². The van der Waals surface area contributed by atoms with Crippen molar-refractivity contribution in [3.05, 3.63) is 32.6 Å². The van der Waals surface area contributed by atoms with E-state index in [0.29, 0.717) is 0 Å². The van der Waals surface area contributed by atoms with Crippen molar-refractivity contribution in [1.82, 2.24) is 9.97 Å². The number of aliphatic hydroxyl groups is 3. The van der Waals surface area contributed by atoms with Gasteiger partial charge in [-0.1, -0.05) is 0 Å². The minimum absolute atomic E-state index is 0.0189. The molecule has 8 heteroatoms. The number of nitrogens with one attached hydrogen (secondary N) is 2. The molecule has 100 valence electrons. The zero-order valence-electron chi connectivity index (χ0n) is 9.58. The first kappa shape index (κ1) is 13.0. The highest BCUT2D eigenvalue weighted by Gasteiger charge is 2.53. The van der Waals surface area contributed by atoms with E-state index >= 15 is 0 Å². The van der Waals surface area contributed by atoms with E-state index in [1.54, 1.807) is 0 Å². The number of aromatic nitrogens is 2. The summed E-state index contributed by atoms with van der Waals surface area (Å²) in [5.74, 6) is 0. The third kappa shape index (κ3) is 1.89. The van der Waals surface area contributed by atoms with Gasteiger partial charge >= 0.3 is 5.69 Å². The van der Waals surface area contributed by atoms with E-state index in [1.165, 1.54) is 6.92 Å². The molecule has 1 fully saturated rings. The number of hydrogen-bond acceptors (Lipinski definition) is 6. The van der Waals surface area contributed by atoms with E-state index in [-0.39, 0.29) is 5.56 Å². The van der Waals surface area contributed by atoms with Gasteiger partial charge in [0.2, 0.25) is 0 Å². The third-order valence-electron chi connectivity index (χ3n) is 3.10. The maximum Gasteiger partial charge on any atom is 0.325 e. The molecule has 0 aliphatic carbocycles. The molecular formula is C10H14N2O6. The average molecular weight is 258 g/mol. The largest absolute Gasteiger partial charge is 0.394 e. The first-order chi connectivity index (χ1) is 8.37. The fraction of sp³-hybridized carbons (Fsp3) is 0.600. The molecule has 0 amide bonds. The lowest BCUT2D eigenvalue weighted by Crippen LogP contribution is -2.44. The Morgan fingerprint density at radius 2 is 2.17 bits per heavy atom. The van der Waals surface area contributed by atoms with Gasteiger partial charge in [0.15, 0.2) is 0 Å².